The lowest BCUT2D eigenvalue weighted by Gasteiger charge is -2.29. The number of aromatic nitrogens is 3. The second kappa shape index (κ2) is 6.53. The molecule has 1 unspecified atom stereocenters. The summed E-state index contributed by atoms with van der Waals surface area (Å²) in [5, 5.41) is 10.9. The van der Waals surface area contributed by atoms with E-state index in [4.69, 9.17) is 0 Å². The van der Waals surface area contributed by atoms with E-state index >= 15 is 0 Å². The monoisotopic (exact) mass is 359 g/mol. The minimum atomic E-state index is 0.154. The zero-order valence-electron chi connectivity index (χ0n) is 14.9. The summed E-state index contributed by atoms with van der Waals surface area (Å²) in [6.07, 6.45) is 5.28. The number of rotatable bonds is 5. The zero-order valence-corrected chi connectivity index (χ0v) is 15.7. The lowest BCUT2D eigenvalue weighted by atomic mass is 9.93. The summed E-state index contributed by atoms with van der Waals surface area (Å²) in [5.74, 6) is 0.154. The first-order valence-electron chi connectivity index (χ1n) is 8.97. The van der Waals surface area contributed by atoms with Crippen LogP contribution in [-0.4, -0.2) is 44.7 Å². The molecule has 1 amide bonds. The lowest BCUT2D eigenvalue weighted by molar-refractivity contribution is -0.134. The molecular formula is C18H25N5OS. The molecule has 25 heavy (non-hydrogen) atoms. The number of hydrogen-bond acceptors (Lipinski definition) is 5. The van der Waals surface area contributed by atoms with Gasteiger partial charge in [-0.15, -0.1) is 11.3 Å². The van der Waals surface area contributed by atoms with Crippen molar-refractivity contribution in [2.24, 2.45) is 5.41 Å². The molecular weight excluding hydrogens is 334 g/mol. The third-order valence-electron chi connectivity index (χ3n) is 5.62. The van der Waals surface area contributed by atoms with Crippen LogP contribution in [0.2, 0.25) is 0 Å². The Hall–Kier alpha value is -1.73. The smallest absolute Gasteiger partial charge is 0.244 e. The van der Waals surface area contributed by atoms with Crippen molar-refractivity contribution in [1.29, 1.82) is 0 Å². The topological polar surface area (TPSA) is 63.1 Å². The number of nitrogens with one attached hydrogen (secondary N) is 1. The Bertz CT molecular complexity index is 748. The van der Waals surface area contributed by atoms with Crippen LogP contribution >= 0.6 is 11.3 Å². The molecule has 7 heteroatoms. The third kappa shape index (κ3) is 3.35. The van der Waals surface area contributed by atoms with Gasteiger partial charge in [-0.2, -0.15) is 5.10 Å². The van der Waals surface area contributed by atoms with Crippen molar-refractivity contribution in [2.45, 2.75) is 52.2 Å². The first kappa shape index (κ1) is 16.7. The van der Waals surface area contributed by atoms with Gasteiger partial charge in [-0.1, -0.05) is 0 Å². The Labute approximate surface area is 152 Å². The van der Waals surface area contributed by atoms with Crippen LogP contribution in [0.4, 0.5) is 0 Å². The molecule has 0 aromatic carbocycles. The highest BCUT2D eigenvalue weighted by molar-refractivity contribution is 7.09. The summed E-state index contributed by atoms with van der Waals surface area (Å²) in [6.45, 7) is 7.03. The van der Waals surface area contributed by atoms with Crippen molar-refractivity contribution >= 4 is 17.2 Å². The maximum atomic E-state index is 13.1. The highest BCUT2D eigenvalue weighted by Gasteiger charge is 2.57. The van der Waals surface area contributed by atoms with Crippen molar-refractivity contribution in [1.82, 2.24) is 25.0 Å². The summed E-state index contributed by atoms with van der Waals surface area (Å²) < 4.78 is 1.82. The number of thiazole rings is 1. The van der Waals surface area contributed by atoms with Crippen LogP contribution in [0.5, 0.6) is 0 Å². The zero-order chi connectivity index (χ0) is 17.4. The SMILES string of the molecule is Cc1cc(C)n(CC(=O)N(Cc2nccs2)C2CC23CCNCC3)n1. The molecule has 4 rings (SSSR count). The first-order chi connectivity index (χ1) is 12.1. The van der Waals surface area contributed by atoms with E-state index in [9.17, 15) is 4.79 Å². The van der Waals surface area contributed by atoms with Crippen LogP contribution in [0.15, 0.2) is 17.6 Å². The maximum Gasteiger partial charge on any atom is 0.244 e. The maximum absolute atomic E-state index is 13.1. The molecule has 3 heterocycles. The molecule has 2 aromatic heterocycles. The highest BCUT2D eigenvalue weighted by Crippen LogP contribution is 2.56. The number of aryl methyl sites for hydroxylation is 2. The van der Waals surface area contributed by atoms with Crippen LogP contribution in [0.3, 0.4) is 0 Å². The first-order valence-corrected chi connectivity index (χ1v) is 9.85. The molecule has 1 spiro atoms. The normalized spacial score (nSPS) is 21.4. The summed E-state index contributed by atoms with van der Waals surface area (Å²) in [7, 11) is 0. The molecule has 134 valence electrons. The minimum absolute atomic E-state index is 0.154. The number of piperidine rings is 1. The standard InChI is InChI=1S/C18H25N5OS/c1-13-9-14(2)23(21-13)12-17(24)22(11-16-20-7-8-25-16)15-10-18(15)3-5-19-6-4-18/h7-9,15,19H,3-6,10-12H2,1-2H3. The van der Waals surface area contributed by atoms with Crippen LogP contribution in [0.25, 0.3) is 0 Å². The van der Waals surface area contributed by atoms with Gasteiger partial charge in [-0.25, -0.2) is 4.98 Å². The quantitative estimate of drug-likeness (QED) is 0.888. The van der Waals surface area contributed by atoms with Gasteiger partial charge in [0.2, 0.25) is 5.91 Å². The van der Waals surface area contributed by atoms with Crippen molar-refractivity contribution in [3.63, 3.8) is 0 Å². The van der Waals surface area contributed by atoms with Gasteiger partial charge in [0.05, 0.1) is 12.2 Å². The Balaban J connectivity index is 1.53. The van der Waals surface area contributed by atoms with Crippen LogP contribution in [-0.2, 0) is 17.9 Å². The number of carbonyl (C=O) groups excluding carboxylic acids is 1. The summed E-state index contributed by atoms with van der Waals surface area (Å²) in [6, 6.07) is 2.37. The molecule has 1 saturated carbocycles. The van der Waals surface area contributed by atoms with Crippen molar-refractivity contribution in [3.8, 4) is 0 Å². The number of carbonyl (C=O) groups is 1. The molecule has 0 bridgehead atoms. The predicted molar refractivity (Wildman–Crippen MR) is 97.3 cm³/mol. The van der Waals surface area contributed by atoms with Crippen molar-refractivity contribution in [3.05, 3.63) is 34.0 Å². The second-order valence-electron chi connectivity index (χ2n) is 7.36. The van der Waals surface area contributed by atoms with Crippen molar-refractivity contribution < 1.29 is 4.79 Å². The van der Waals surface area contributed by atoms with Gasteiger partial charge < -0.3 is 10.2 Å². The van der Waals surface area contributed by atoms with E-state index in [0.29, 0.717) is 24.5 Å². The van der Waals surface area contributed by atoms with E-state index in [0.717, 1.165) is 35.9 Å². The summed E-state index contributed by atoms with van der Waals surface area (Å²) in [5.41, 5.74) is 2.32. The van der Waals surface area contributed by atoms with E-state index in [1.165, 1.54) is 12.8 Å². The van der Waals surface area contributed by atoms with Gasteiger partial charge >= 0.3 is 0 Å². The number of nitrogens with zero attached hydrogens (tertiary/aromatic N) is 4. The third-order valence-corrected chi connectivity index (χ3v) is 6.38. The van der Waals surface area contributed by atoms with E-state index in [-0.39, 0.29) is 5.91 Å². The minimum Gasteiger partial charge on any atom is -0.331 e. The van der Waals surface area contributed by atoms with Gasteiger partial charge in [-0.05, 0) is 57.7 Å². The average Bonchev–Trinajstić information content (AvgIpc) is 2.94. The molecule has 1 saturated heterocycles. The van der Waals surface area contributed by atoms with E-state index in [1.54, 1.807) is 11.3 Å². The highest BCUT2D eigenvalue weighted by atomic mass is 32.1. The summed E-state index contributed by atoms with van der Waals surface area (Å²) in [4.78, 5) is 19.6. The molecule has 2 fully saturated rings. The Morgan fingerprint density at radius 2 is 2.24 bits per heavy atom. The fourth-order valence-corrected chi connectivity index (χ4v) is 4.75. The summed E-state index contributed by atoms with van der Waals surface area (Å²) >= 11 is 1.62. The Kier molecular flexibility index (Phi) is 4.37. The molecule has 6 nitrogen and oxygen atoms in total. The second-order valence-corrected chi connectivity index (χ2v) is 8.34. The molecule has 2 aliphatic rings. The number of amides is 1. The molecule has 1 N–H and O–H groups in total. The average molecular weight is 359 g/mol. The molecule has 1 atom stereocenters. The molecule has 0 radical (unpaired) electrons. The van der Waals surface area contributed by atoms with Gasteiger partial charge in [-0.3, -0.25) is 9.48 Å². The van der Waals surface area contributed by atoms with Gasteiger partial charge in [0.15, 0.2) is 0 Å². The van der Waals surface area contributed by atoms with Gasteiger partial charge in [0, 0.05) is 23.3 Å². The lowest BCUT2D eigenvalue weighted by Crippen LogP contribution is -2.40. The molecule has 1 aliphatic carbocycles. The van der Waals surface area contributed by atoms with Crippen LogP contribution in [0.1, 0.15) is 35.7 Å². The van der Waals surface area contributed by atoms with Crippen LogP contribution < -0.4 is 5.32 Å². The molecule has 1 aliphatic heterocycles. The largest absolute Gasteiger partial charge is 0.331 e. The Morgan fingerprint density at radius 1 is 1.44 bits per heavy atom. The fourth-order valence-electron chi connectivity index (χ4n) is 4.13. The van der Waals surface area contributed by atoms with Gasteiger partial charge in [0.1, 0.15) is 11.6 Å². The van der Waals surface area contributed by atoms with E-state index in [2.05, 4.69) is 20.3 Å². The van der Waals surface area contributed by atoms with Gasteiger partial charge in [0.25, 0.3) is 0 Å². The molecule has 2 aromatic rings. The van der Waals surface area contributed by atoms with E-state index < -0.39 is 0 Å². The fraction of sp³-hybridized carbons (Fsp3) is 0.611. The van der Waals surface area contributed by atoms with Crippen LogP contribution in [0, 0.1) is 19.3 Å². The van der Waals surface area contributed by atoms with E-state index in [1.807, 2.05) is 36.2 Å². The number of hydrogen-bond donors (Lipinski definition) is 1. The predicted octanol–water partition coefficient (Wildman–Crippen LogP) is 2.13. The van der Waals surface area contributed by atoms with Crippen molar-refractivity contribution in [2.75, 3.05) is 13.1 Å². The Morgan fingerprint density at radius 3 is 2.88 bits per heavy atom.